The minimum absolute atomic E-state index is 0.325. The summed E-state index contributed by atoms with van der Waals surface area (Å²) in [5.41, 5.74) is 3.04. The minimum atomic E-state index is -0.809. The first-order valence-electron chi connectivity index (χ1n) is 8.97. The second-order valence-electron chi connectivity index (χ2n) is 6.54. The molecule has 1 aliphatic rings. The normalized spacial score (nSPS) is 17.2. The van der Waals surface area contributed by atoms with Gasteiger partial charge in [-0.1, -0.05) is 42.5 Å². The van der Waals surface area contributed by atoms with Crippen molar-refractivity contribution in [2.24, 2.45) is 15.2 Å². The molecule has 0 fully saturated rings. The number of benzene rings is 3. The van der Waals surface area contributed by atoms with Gasteiger partial charge in [0.05, 0.1) is 11.1 Å². The molecule has 4 aromatic rings. The van der Waals surface area contributed by atoms with Crippen molar-refractivity contribution in [1.82, 2.24) is 0 Å². The Morgan fingerprint density at radius 2 is 1.68 bits per heavy atom. The van der Waals surface area contributed by atoms with Gasteiger partial charge in [0.15, 0.2) is 0 Å². The molecule has 1 unspecified atom stereocenters. The number of anilines is 1. The zero-order chi connectivity index (χ0) is 19.1. The molecule has 3 aromatic carbocycles. The maximum Gasteiger partial charge on any atom is 0.295 e. The molecule has 0 radical (unpaired) electrons. The number of amidine groups is 1. The van der Waals surface area contributed by atoms with E-state index in [1.54, 1.807) is 11.8 Å². The highest BCUT2D eigenvalue weighted by atomic mass is 16.3. The number of rotatable bonds is 3. The summed E-state index contributed by atoms with van der Waals surface area (Å²) >= 11 is 0. The van der Waals surface area contributed by atoms with Crippen molar-refractivity contribution in [2.45, 2.75) is 13.1 Å². The number of aliphatic imine (C=N–C) groups is 1. The molecular weight excluding hydrogens is 352 g/mol. The van der Waals surface area contributed by atoms with Crippen LogP contribution in [0.5, 0.6) is 0 Å². The van der Waals surface area contributed by atoms with Crippen LogP contribution in [-0.4, -0.2) is 17.9 Å². The number of furan rings is 1. The van der Waals surface area contributed by atoms with Gasteiger partial charge in [-0.25, -0.2) is 0 Å². The number of hydrogen-bond donors (Lipinski definition) is 0. The molecule has 28 heavy (non-hydrogen) atoms. The van der Waals surface area contributed by atoms with Gasteiger partial charge in [-0.15, -0.1) is 0 Å². The van der Waals surface area contributed by atoms with Crippen LogP contribution in [0.25, 0.3) is 21.9 Å². The van der Waals surface area contributed by atoms with Crippen LogP contribution in [0, 0.1) is 0 Å². The molecule has 2 heterocycles. The average molecular weight is 368 g/mol. The quantitative estimate of drug-likeness (QED) is 0.451. The topological polar surface area (TPSA) is 70.5 Å². The van der Waals surface area contributed by atoms with Crippen LogP contribution in [0.2, 0.25) is 0 Å². The zero-order valence-electron chi connectivity index (χ0n) is 15.1. The fourth-order valence-corrected chi connectivity index (χ4v) is 3.53. The first-order valence-corrected chi connectivity index (χ1v) is 8.97. The number of amides is 1. The van der Waals surface area contributed by atoms with Crippen molar-refractivity contribution in [3.8, 4) is 0 Å². The summed E-state index contributed by atoms with van der Waals surface area (Å²) in [6.45, 7) is 1.80. The maximum absolute atomic E-state index is 12.4. The van der Waals surface area contributed by atoms with Crippen molar-refractivity contribution < 1.29 is 9.21 Å². The molecule has 1 amide bonds. The third-order valence-electron chi connectivity index (χ3n) is 4.78. The van der Waals surface area contributed by atoms with Crippen molar-refractivity contribution in [3.63, 3.8) is 0 Å². The predicted molar refractivity (Wildman–Crippen MR) is 109 cm³/mol. The van der Waals surface area contributed by atoms with E-state index < -0.39 is 6.17 Å². The number of hydrogen-bond acceptors (Lipinski definition) is 5. The molecule has 0 bridgehead atoms. The Balaban J connectivity index is 1.58. The summed E-state index contributed by atoms with van der Waals surface area (Å²) in [4.78, 5) is 18.3. The number of fused-ring (bicyclic) bond motifs is 3. The van der Waals surface area contributed by atoms with Gasteiger partial charge in [-0.05, 0) is 37.3 Å². The molecule has 6 heteroatoms. The molecule has 1 aromatic heterocycles. The average Bonchev–Trinajstić information content (AvgIpc) is 3.23. The van der Waals surface area contributed by atoms with E-state index in [1.165, 1.54) is 0 Å². The van der Waals surface area contributed by atoms with Crippen molar-refractivity contribution in [3.05, 3.63) is 72.8 Å². The van der Waals surface area contributed by atoms with E-state index in [9.17, 15) is 4.79 Å². The number of carbonyl (C=O) groups is 1. The Labute approximate surface area is 160 Å². The lowest BCUT2D eigenvalue weighted by molar-refractivity contribution is -0.118. The summed E-state index contributed by atoms with van der Waals surface area (Å²) in [7, 11) is 0. The van der Waals surface area contributed by atoms with Crippen molar-refractivity contribution in [2.75, 3.05) is 4.90 Å². The first kappa shape index (κ1) is 16.4. The summed E-state index contributed by atoms with van der Waals surface area (Å²) < 4.78 is 5.89. The highest BCUT2D eigenvalue weighted by Gasteiger charge is 2.34. The van der Waals surface area contributed by atoms with Crippen LogP contribution in [0.4, 0.5) is 11.4 Å². The third kappa shape index (κ3) is 2.58. The van der Waals surface area contributed by atoms with E-state index in [4.69, 9.17) is 4.42 Å². The number of azo groups is 1. The highest BCUT2D eigenvalue weighted by Crippen LogP contribution is 2.36. The summed E-state index contributed by atoms with van der Waals surface area (Å²) in [5, 5.41) is 10.6. The lowest BCUT2D eigenvalue weighted by atomic mass is 10.1. The van der Waals surface area contributed by atoms with Crippen LogP contribution in [0.15, 0.2) is 92.4 Å². The van der Waals surface area contributed by atoms with Gasteiger partial charge in [0, 0.05) is 11.1 Å². The third-order valence-corrected chi connectivity index (χ3v) is 4.78. The molecule has 0 N–H and O–H groups in total. The molecule has 0 spiro atoms. The van der Waals surface area contributed by atoms with E-state index in [-0.39, 0.29) is 5.91 Å². The summed E-state index contributed by atoms with van der Waals surface area (Å²) in [5.74, 6) is 0.279. The standard InChI is InChI=1S/C22H16N4O2/c1-14-23-22(27)21(26(14)15-8-3-2-4-9-15)25-24-17-11-7-13-19-20(17)16-10-5-6-12-18(16)28-19/h2-13,21H,1H3. The van der Waals surface area contributed by atoms with Crippen LogP contribution >= 0.6 is 0 Å². The molecule has 0 saturated heterocycles. The Morgan fingerprint density at radius 3 is 2.54 bits per heavy atom. The Hall–Kier alpha value is -3.80. The van der Waals surface area contributed by atoms with Gasteiger partial charge in [-0.3, -0.25) is 9.69 Å². The summed E-state index contributed by atoms with van der Waals surface area (Å²) in [6, 6.07) is 23.0. The Morgan fingerprint density at radius 1 is 0.929 bits per heavy atom. The number of para-hydroxylation sites is 2. The highest BCUT2D eigenvalue weighted by molar-refractivity contribution is 6.13. The number of carbonyl (C=O) groups excluding carboxylic acids is 1. The molecule has 1 aliphatic heterocycles. The monoisotopic (exact) mass is 368 g/mol. The van der Waals surface area contributed by atoms with E-state index in [0.717, 1.165) is 27.6 Å². The molecule has 0 saturated carbocycles. The molecule has 5 rings (SSSR count). The summed E-state index contributed by atoms with van der Waals surface area (Å²) in [6.07, 6.45) is -0.809. The van der Waals surface area contributed by atoms with Crippen LogP contribution < -0.4 is 4.90 Å². The zero-order valence-corrected chi connectivity index (χ0v) is 15.1. The Kier molecular flexibility index (Phi) is 3.76. The van der Waals surface area contributed by atoms with Gasteiger partial charge in [0.25, 0.3) is 5.91 Å². The van der Waals surface area contributed by atoms with E-state index in [1.807, 2.05) is 72.8 Å². The minimum Gasteiger partial charge on any atom is -0.456 e. The van der Waals surface area contributed by atoms with E-state index in [2.05, 4.69) is 15.2 Å². The van der Waals surface area contributed by atoms with Crippen LogP contribution in [0.1, 0.15) is 6.92 Å². The fraction of sp³-hybridized carbons (Fsp3) is 0.0909. The lowest BCUT2D eigenvalue weighted by Crippen LogP contribution is -2.35. The van der Waals surface area contributed by atoms with Crippen LogP contribution in [-0.2, 0) is 4.79 Å². The largest absolute Gasteiger partial charge is 0.456 e. The maximum atomic E-state index is 12.4. The van der Waals surface area contributed by atoms with Gasteiger partial charge in [0.2, 0.25) is 6.17 Å². The molecule has 1 atom stereocenters. The smallest absolute Gasteiger partial charge is 0.295 e. The van der Waals surface area contributed by atoms with Gasteiger partial charge >= 0.3 is 0 Å². The lowest BCUT2D eigenvalue weighted by Gasteiger charge is -2.21. The SMILES string of the molecule is CC1=NC(=O)C(N=Nc2cccc3oc4ccccc4c23)N1c1ccccc1. The molecule has 136 valence electrons. The molecular formula is C22H16N4O2. The fourth-order valence-electron chi connectivity index (χ4n) is 3.53. The predicted octanol–water partition coefficient (Wildman–Crippen LogP) is 5.46. The van der Waals surface area contributed by atoms with Gasteiger partial charge in [0.1, 0.15) is 17.0 Å². The van der Waals surface area contributed by atoms with E-state index in [0.29, 0.717) is 11.5 Å². The van der Waals surface area contributed by atoms with E-state index >= 15 is 0 Å². The van der Waals surface area contributed by atoms with Crippen LogP contribution in [0.3, 0.4) is 0 Å². The van der Waals surface area contributed by atoms with Gasteiger partial charge in [-0.2, -0.15) is 15.2 Å². The molecule has 6 nitrogen and oxygen atoms in total. The first-order chi connectivity index (χ1) is 13.7. The number of nitrogens with zero attached hydrogens (tertiary/aromatic N) is 4. The van der Waals surface area contributed by atoms with Crippen molar-refractivity contribution >= 4 is 45.1 Å². The Bertz CT molecular complexity index is 1260. The second-order valence-corrected chi connectivity index (χ2v) is 6.54. The van der Waals surface area contributed by atoms with Gasteiger partial charge < -0.3 is 4.42 Å². The molecule has 0 aliphatic carbocycles. The second kappa shape index (κ2) is 6.42. The van der Waals surface area contributed by atoms with Crippen molar-refractivity contribution in [1.29, 1.82) is 0 Å².